The van der Waals surface area contributed by atoms with E-state index >= 15 is 0 Å². The third kappa shape index (κ3) is 4.32. The number of carbonyl (C=O) groups is 1. The summed E-state index contributed by atoms with van der Waals surface area (Å²) in [5, 5.41) is 4.02. The molecule has 27 heavy (non-hydrogen) atoms. The predicted octanol–water partition coefficient (Wildman–Crippen LogP) is 3.97. The Hall–Kier alpha value is -2.77. The van der Waals surface area contributed by atoms with Gasteiger partial charge in [0, 0.05) is 11.1 Å². The van der Waals surface area contributed by atoms with Gasteiger partial charge in [-0.15, -0.1) is 0 Å². The zero-order chi connectivity index (χ0) is 19.4. The topological polar surface area (TPSA) is 82.6 Å². The van der Waals surface area contributed by atoms with Crippen LogP contribution in [0.4, 0.5) is 5.69 Å². The molecule has 1 N–H and O–H groups in total. The fraction of sp³-hybridized carbons (Fsp3) is 0.167. The molecule has 140 valence electrons. The van der Waals surface area contributed by atoms with Crippen molar-refractivity contribution < 1.29 is 19.0 Å². The minimum atomic E-state index is -0.390. The fourth-order valence-electron chi connectivity index (χ4n) is 2.41. The second kappa shape index (κ2) is 8.28. The standard InChI is InChI=1S/C18H15Cl2N3O4/c1-25-11-3-4-14(15(7-11)26-2)23-16(24)8-27-18-12-5-10(19)6-13(20)17(12)21-9-22-18/h3-7,9H,8H2,1-2H3,(H,23,24). The summed E-state index contributed by atoms with van der Waals surface area (Å²) in [5.74, 6) is 0.899. The quantitative estimate of drug-likeness (QED) is 0.665. The van der Waals surface area contributed by atoms with Gasteiger partial charge in [-0.2, -0.15) is 0 Å². The summed E-state index contributed by atoms with van der Waals surface area (Å²) in [4.78, 5) is 20.4. The third-order valence-electron chi connectivity index (χ3n) is 3.64. The number of rotatable bonds is 6. The molecule has 0 aliphatic heterocycles. The lowest BCUT2D eigenvalue weighted by molar-refractivity contribution is -0.118. The highest BCUT2D eigenvalue weighted by Crippen LogP contribution is 2.31. The second-order valence-electron chi connectivity index (χ2n) is 5.37. The van der Waals surface area contributed by atoms with E-state index in [0.717, 1.165) is 0 Å². The number of hydrogen-bond acceptors (Lipinski definition) is 6. The molecule has 0 radical (unpaired) electrons. The molecule has 0 saturated heterocycles. The van der Waals surface area contributed by atoms with E-state index in [1.807, 2.05) is 0 Å². The molecular formula is C18H15Cl2N3O4. The zero-order valence-corrected chi connectivity index (χ0v) is 16.0. The Kier molecular flexibility index (Phi) is 5.83. The number of carbonyl (C=O) groups excluding carboxylic acids is 1. The predicted molar refractivity (Wildman–Crippen MR) is 103 cm³/mol. The van der Waals surface area contributed by atoms with Crippen LogP contribution in [0.2, 0.25) is 10.0 Å². The first-order valence-corrected chi connectivity index (χ1v) is 8.52. The van der Waals surface area contributed by atoms with Crippen molar-refractivity contribution in [2.24, 2.45) is 0 Å². The normalized spacial score (nSPS) is 10.5. The van der Waals surface area contributed by atoms with Gasteiger partial charge < -0.3 is 19.5 Å². The van der Waals surface area contributed by atoms with E-state index in [-0.39, 0.29) is 12.5 Å². The smallest absolute Gasteiger partial charge is 0.262 e. The molecule has 3 aromatic rings. The third-order valence-corrected chi connectivity index (χ3v) is 4.15. The van der Waals surface area contributed by atoms with Gasteiger partial charge in [0.25, 0.3) is 5.91 Å². The van der Waals surface area contributed by atoms with Gasteiger partial charge in [-0.1, -0.05) is 23.2 Å². The van der Waals surface area contributed by atoms with Crippen LogP contribution >= 0.6 is 23.2 Å². The van der Waals surface area contributed by atoms with E-state index < -0.39 is 5.91 Å². The van der Waals surface area contributed by atoms with Crippen LogP contribution < -0.4 is 19.5 Å². The second-order valence-corrected chi connectivity index (χ2v) is 6.21. The van der Waals surface area contributed by atoms with Crippen molar-refractivity contribution in [3.05, 3.63) is 46.7 Å². The number of ether oxygens (including phenoxy) is 3. The lowest BCUT2D eigenvalue weighted by Gasteiger charge is -2.12. The first kappa shape index (κ1) is 19.0. The molecule has 3 rings (SSSR count). The molecule has 0 spiro atoms. The van der Waals surface area contributed by atoms with Crippen LogP contribution in [0.25, 0.3) is 10.9 Å². The van der Waals surface area contributed by atoms with Crippen molar-refractivity contribution >= 4 is 45.7 Å². The average molecular weight is 408 g/mol. The van der Waals surface area contributed by atoms with Crippen molar-refractivity contribution in [1.29, 1.82) is 0 Å². The van der Waals surface area contributed by atoms with Crippen LogP contribution in [-0.2, 0) is 4.79 Å². The van der Waals surface area contributed by atoms with Crippen molar-refractivity contribution in [2.75, 3.05) is 26.1 Å². The number of hydrogen-bond donors (Lipinski definition) is 1. The monoisotopic (exact) mass is 407 g/mol. The summed E-state index contributed by atoms with van der Waals surface area (Å²) in [6, 6.07) is 8.25. The summed E-state index contributed by atoms with van der Waals surface area (Å²) < 4.78 is 15.9. The first-order valence-electron chi connectivity index (χ1n) is 7.76. The first-order chi connectivity index (χ1) is 13.0. The maximum absolute atomic E-state index is 12.3. The summed E-state index contributed by atoms with van der Waals surface area (Å²) in [6.07, 6.45) is 1.31. The number of aromatic nitrogens is 2. The average Bonchev–Trinajstić information content (AvgIpc) is 2.66. The Morgan fingerprint density at radius 2 is 1.93 bits per heavy atom. The fourth-order valence-corrected chi connectivity index (χ4v) is 2.95. The van der Waals surface area contributed by atoms with E-state index in [0.29, 0.717) is 38.1 Å². The Morgan fingerprint density at radius 3 is 2.67 bits per heavy atom. The van der Waals surface area contributed by atoms with Crippen LogP contribution in [0, 0.1) is 0 Å². The molecule has 7 nitrogen and oxygen atoms in total. The van der Waals surface area contributed by atoms with Gasteiger partial charge in [0.1, 0.15) is 17.8 Å². The van der Waals surface area contributed by atoms with E-state index in [1.54, 1.807) is 37.4 Å². The highest BCUT2D eigenvalue weighted by atomic mass is 35.5. The number of fused-ring (bicyclic) bond motifs is 1. The highest BCUT2D eigenvalue weighted by Gasteiger charge is 2.13. The van der Waals surface area contributed by atoms with Gasteiger partial charge >= 0.3 is 0 Å². The molecule has 0 aliphatic rings. The molecule has 9 heteroatoms. The molecule has 0 saturated carbocycles. The van der Waals surface area contributed by atoms with Gasteiger partial charge in [-0.3, -0.25) is 4.79 Å². The Balaban J connectivity index is 1.74. The summed E-state index contributed by atoms with van der Waals surface area (Å²) in [7, 11) is 3.05. The van der Waals surface area contributed by atoms with Crippen LogP contribution in [0.3, 0.4) is 0 Å². The van der Waals surface area contributed by atoms with Crippen molar-refractivity contribution in [3.8, 4) is 17.4 Å². The van der Waals surface area contributed by atoms with Gasteiger partial charge in [0.2, 0.25) is 5.88 Å². The lowest BCUT2D eigenvalue weighted by atomic mass is 10.2. The Labute approximate surface area is 165 Å². The van der Waals surface area contributed by atoms with E-state index in [1.165, 1.54) is 13.4 Å². The molecule has 1 aromatic heterocycles. The van der Waals surface area contributed by atoms with Gasteiger partial charge in [0.15, 0.2) is 6.61 Å². The van der Waals surface area contributed by atoms with Crippen molar-refractivity contribution in [2.45, 2.75) is 0 Å². The van der Waals surface area contributed by atoms with Gasteiger partial charge in [-0.25, -0.2) is 9.97 Å². The van der Waals surface area contributed by atoms with E-state index in [2.05, 4.69) is 15.3 Å². The maximum Gasteiger partial charge on any atom is 0.262 e. The number of amides is 1. The molecule has 1 heterocycles. The van der Waals surface area contributed by atoms with Crippen LogP contribution in [-0.4, -0.2) is 36.7 Å². The summed E-state index contributed by atoms with van der Waals surface area (Å²) >= 11 is 12.2. The molecule has 1 amide bonds. The molecule has 0 fully saturated rings. The lowest BCUT2D eigenvalue weighted by Crippen LogP contribution is -2.21. The molecule has 2 aromatic carbocycles. The minimum absolute atomic E-state index is 0.209. The summed E-state index contributed by atoms with van der Waals surface area (Å²) in [5.41, 5.74) is 0.980. The van der Waals surface area contributed by atoms with Crippen LogP contribution in [0.5, 0.6) is 17.4 Å². The van der Waals surface area contributed by atoms with Gasteiger partial charge in [-0.05, 0) is 24.3 Å². The van der Waals surface area contributed by atoms with E-state index in [9.17, 15) is 4.79 Å². The van der Waals surface area contributed by atoms with Gasteiger partial charge in [0.05, 0.1) is 35.8 Å². The molecule has 0 unspecified atom stereocenters. The summed E-state index contributed by atoms with van der Waals surface area (Å²) in [6.45, 7) is -0.272. The number of nitrogens with zero attached hydrogens (tertiary/aromatic N) is 2. The van der Waals surface area contributed by atoms with E-state index in [4.69, 9.17) is 37.4 Å². The van der Waals surface area contributed by atoms with Crippen molar-refractivity contribution in [3.63, 3.8) is 0 Å². The molecular weight excluding hydrogens is 393 g/mol. The number of nitrogens with one attached hydrogen (secondary N) is 1. The Morgan fingerprint density at radius 1 is 1.11 bits per heavy atom. The SMILES string of the molecule is COc1ccc(NC(=O)COc2ncnc3c(Cl)cc(Cl)cc23)c(OC)c1. The van der Waals surface area contributed by atoms with Crippen molar-refractivity contribution in [1.82, 2.24) is 9.97 Å². The number of methoxy groups -OCH3 is 2. The zero-order valence-electron chi connectivity index (χ0n) is 14.5. The Bertz CT molecular complexity index is 998. The van der Waals surface area contributed by atoms with Crippen LogP contribution in [0.1, 0.15) is 0 Å². The number of halogens is 2. The molecule has 0 aliphatic carbocycles. The minimum Gasteiger partial charge on any atom is -0.497 e. The number of anilines is 1. The van der Waals surface area contributed by atoms with Crippen LogP contribution in [0.15, 0.2) is 36.7 Å². The maximum atomic E-state index is 12.3. The number of benzene rings is 2. The highest BCUT2D eigenvalue weighted by molar-refractivity contribution is 6.38. The molecule has 0 atom stereocenters. The largest absolute Gasteiger partial charge is 0.497 e. The molecule has 0 bridgehead atoms.